The van der Waals surface area contributed by atoms with E-state index in [1.807, 2.05) is 0 Å². The number of carbonyl (C=O) groups is 1. The highest BCUT2D eigenvalue weighted by Crippen LogP contribution is 2.24. The van der Waals surface area contributed by atoms with Gasteiger partial charge in [-0.15, -0.1) is 0 Å². The average molecular weight is 276 g/mol. The topological polar surface area (TPSA) is 49.3 Å². The molecule has 3 nitrogen and oxygen atoms in total. The summed E-state index contributed by atoms with van der Waals surface area (Å²) >= 11 is 3.25. The third-order valence-electron chi connectivity index (χ3n) is 1.81. The van der Waals surface area contributed by atoms with E-state index < -0.39 is 5.97 Å². The Morgan fingerprint density at radius 2 is 2.33 bits per heavy atom. The molecular weight excluding hydrogens is 265 g/mol. The van der Waals surface area contributed by atoms with Crippen molar-refractivity contribution in [3.8, 4) is 0 Å². The summed E-state index contributed by atoms with van der Waals surface area (Å²) in [6, 6.07) is 3.98. The normalized spacial score (nSPS) is 12.2. The molecule has 5 heteroatoms. The van der Waals surface area contributed by atoms with Crippen LogP contribution in [0.4, 0.5) is 10.1 Å². The first-order chi connectivity index (χ1) is 6.99. The number of aliphatic carboxylic acids is 1. The molecule has 1 rings (SSSR count). The van der Waals surface area contributed by atoms with Gasteiger partial charge in [-0.05, 0) is 41.1 Å². The molecule has 1 atom stereocenters. The minimum Gasteiger partial charge on any atom is -0.481 e. The highest BCUT2D eigenvalue weighted by Gasteiger charge is 2.09. The second-order valence-electron chi connectivity index (χ2n) is 3.27. The predicted octanol–water partition coefficient (Wildman–Crippen LogP) is 2.86. The van der Waals surface area contributed by atoms with Crippen molar-refractivity contribution < 1.29 is 14.3 Å². The maximum absolute atomic E-state index is 12.9. The number of nitrogens with one attached hydrogen (secondary N) is 1. The van der Waals surface area contributed by atoms with Gasteiger partial charge in [-0.2, -0.15) is 0 Å². The predicted molar refractivity (Wildman–Crippen MR) is 59.4 cm³/mol. The first kappa shape index (κ1) is 12.0. The molecule has 0 saturated heterocycles. The average Bonchev–Trinajstić information content (AvgIpc) is 2.10. The molecule has 0 radical (unpaired) electrons. The number of rotatable bonds is 4. The molecule has 1 aromatic rings. The Bertz CT molecular complexity index is 370. The maximum Gasteiger partial charge on any atom is 0.305 e. The van der Waals surface area contributed by atoms with Crippen molar-refractivity contribution in [3.05, 3.63) is 28.5 Å². The summed E-state index contributed by atoms with van der Waals surface area (Å²) in [5.41, 5.74) is 0.559. The molecule has 0 aliphatic heterocycles. The molecule has 15 heavy (non-hydrogen) atoms. The van der Waals surface area contributed by atoms with Gasteiger partial charge in [0.2, 0.25) is 0 Å². The molecule has 0 aliphatic carbocycles. The van der Waals surface area contributed by atoms with Gasteiger partial charge in [0.15, 0.2) is 0 Å². The molecule has 0 fully saturated rings. The minimum absolute atomic E-state index is 0.0110. The minimum atomic E-state index is -0.887. The lowest BCUT2D eigenvalue weighted by molar-refractivity contribution is -0.137. The molecule has 0 amide bonds. The van der Waals surface area contributed by atoms with Gasteiger partial charge in [0.05, 0.1) is 12.1 Å². The lowest BCUT2D eigenvalue weighted by Gasteiger charge is -2.14. The summed E-state index contributed by atoms with van der Waals surface area (Å²) < 4.78 is 13.6. The first-order valence-electron chi connectivity index (χ1n) is 4.42. The van der Waals surface area contributed by atoms with E-state index in [-0.39, 0.29) is 18.3 Å². The summed E-state index contributed by atoms with van der Waals surface area (Å²) in [5, 5.41) is 11.5. The highest BCUT2D eigenvalue weighted by molar-refractivity contribution is 9.10. The zero-order valence-electron chi connectivity index (χ0n) is 8.13. The second-order valence-corrected chi connectivity index (χ2v) is 4.12. The molecular formula is C10H11BrFNO2. The molecule has 0 bridgehead atoms. The van der Waals surface area contributed by atoms with Gasteiger partial charge >= 0.3 is 5.97 Å². The Morgan fingerprint density at radius 3 is 2.93 bits per heavy atom. The standard InChI is InChI=1S/C10H11BrFNO2/c1-6(4-10(14)15)13-9-5-7(12)2-3-8(9)11/h2-3,5-6,13H,4H2,1H3,(H,14,15). The summed E-state index contributed by atoms with van der Waals surface area (Å²) in [5.74, 6) is -1.24. The van der Waals surface area contributed by atoms with Gasteiger partial charge in [0.25, 0.3) is 0 Å². The van der Waals surface area contributed by atoms with Crippen LogP contribution in [0.1, 0.15) is 13.3 Å². The third-order valence-corrected chi connectivity index (χ3v) is 2.50. The van der Waals surface area contributed by atoms with Crippen LogP contribution >= 0.6 is 15.9 Å². The van der Waals surface area contributed by atoms with E-state index in [1.165, 1.54) is 12.1 Å². The lowest BCUT2D eigenvalue weighted by atomic mass is 10.2. The molecule has 0 aliphatic rings. The third kappa shape index (κ3) is 3.87. The van der Waals surface area contributed by atoms with E-state index in [4.69, 9.17) is 5.11 Å². The monoisotopic (exact) mass is 275 g/mol. The molecule has 0 heterocycles. The van der Waals surface area contributed by atoms with Crippen LogP contribution in [0, 0.1) is 5.82 Å². The van der Waals surface area contributed by atoms with E-state index in [9.17, 15) is 9.18 Å². The fraction of sp³-hybridized carbons (Fsp3) is 0.300. The Balaban J connectivity index is 2.71. The van der Waals surface area contributed by atoms with Crippen LogP contribution in [-0.2, 0) is 4.79 Å². The smallest absolute Gasteiger partial charge is 0.305 e. The van der Waals surface area contributed by atoms with E-state index >= 15 is 0 Å². The number of benzene rings is 1. The van der Waals surface area contributed by atoms with Crippen LogP contribution in [0.3, 0.4) is 0 Å². The number of hydrogen-bond donors (Lipinski definition) is 2. The van der Waals surface area contributed by atoms with Crippen LogP contribution in [-0.4, -0.2) is 17.1 Å². The first-order valence-corrected chi connectivity index (χ1v) is 5.21. The Kier molecular flexibility index (Phi) is 4.08. The largest absolute Gasteiger partial charge is 0.481 e. The van der Waals surface area contributed by atoms with Gasteiger partial charge in [-0.3, -0.25) is 4.79 Å². The molecule has 82 valence electrons. The van der Waals surface area contributed by atoms with E-state index in [2.05, 4.69) is 21.2 Å². The van der Waals surface area contributed by atoms with E-state index in [1.54, 1.807) is 13.0 Å². The number of hydrogen-bond acceptors (Lipinski definition) is 2. The lowest BCUT2D eigenvalue weighted by Crippen LogP contribution is -2.19. The Morgan fingerprint density at radius 1 is 1.67 bits per heavy atom. The molecule has 2 N–H and O–H groups in total. The van der Waals surface area contributed by atoms with Crippen molar-refractivity contribution in [2.75, 3.05) is 5.32 Å². The van der Waals surface area contributed by atoms with Gasteiger partial charge in [0.1, 0.15) is 5.82 Å². The number of carboxylic acids is 1. The van der Waals surface area contributed by atoms with Gasteiger partial charge in [-0.25, -0.2) is 4.39 Å². The van der Waals surface area contributed by atoms with Crippen molar-refractivity contribution in [2.24, 2.45) is 0 Å². The molecule has 0 saturated carbocycles. The van der Waals surface area contributed by atoms with Crippen LogP contribution in [0.25, 0.3) is 0 Å². The fourth-order valence-corrected chi connectivity index (χ4v) is 1.55. The van der Waals surface area contributed by atoms with Crippen molar-refractivity contribution in [2.45, 2.75) is 19.4 Å². The Labute approximate surface area is 95.4 Å². The summed E-state index contributed by atoms with van der Waals surface area (Å²) in [4.78, 5) is 10.4. The van der Waals surface area contributed by atoms with Crippen molar-refractivity contribution >= 4 is 27.6 Å². The second kappa shape index (κ2) is 5.11. The van der Waals surface area contributed by atoms with Crippen LogP contribution in [0.5, 0.6) is 0 Å². The van der Waals surface area contributed by atoms with E-state index in [0.29, 0.717) is 10.2 Å². The summed E-state index contributed by atoms with van der Waals surface area (Å²) in [6.07, 6.45) is -0.0110. The molecule has 1 unspecified atom stereocenters. The van der Waals surface area contributed by atoms with Crippen LogP contribution in [0.2, 0.25) is 0 Å². The Hall–Kier alpha value is -1.10. The van der Waals surface area contributed by atoms with Crippen LogP contribution < -0.4 is 5.32 Å². The molecule has 0 aromatic heterocycles. The van der Waals surface area contributed by atoms with Crippen molar-refractivity contribution in [1.29, 1.82) is 0 Å². The molecule has 1 aromatic carbocycles. The zero-order chi connectivity index (χ0) is 11.4. The van der Waals surface area contributed by atoms with Gasteiger partial charge in [0, 0.05) is 10.5 Å². The highest BCUT2D eigenvalue weighted by atomic mass is 79.9. The summed E-state index contributed by atoms with van der Waals surface area (Å²) in [6.45, 7) is 1.73. The van der Waals surface area contributed by atoms with Crippen molar-refractivity contribution in [3.63, 3.8) is 0 Å². The van der Waals surface area contributed by atoms with Crippen molar-refractivity contribution in [1.82, 2.24) is 0 Å². The van der Waals surface area contributed by atoms with Gasteiger partial charge in [-0.1, -0.05) is 0 Å². The number of anilines is 1. The quantitative estimate of drug-likeness (QED) is 0.889. The SMILES string of the molecule is CC(CC(=O)O)Nc1cc(F)ccc1Br. The van der Waals surface area contributed by atoms with Crippen LogP contribution in [0.15, 0.2) is 22.7 Å². The molecule has 0 spiro atoms. The fourth-order valence-electron chi connectivity index (χ4n) is 1.19. The number of carboxylic acid groups (broad SMARTS) is 1. The summed E-state index contributed by atoms with van der Waals surface area (Å²) in [7, 11) is 0. The zero-order valence-corrected chi connectivity index (χ0v) is 9.71. The maximum atomic E-state index is 12.9. The number of halogens is 2. The van der Waals surface area contributed by atoms with E-state index in [0.717, 1.165) is 0 Å². The van der Waals surface area contributed by atoms with Gasteiger partial charge < -0.3 is 10.4 Å².